The van der Waals surface area contributed by atoms with E-state index in [1.807, 2.05) is 0 Å². The summed E-state index contributed by atoms with van der Waals surface area (Å²) >= 11 is 0. The normalized spacial score (nSPS) is 22.4. The van der Waals surface area contributed by atoms with Crippen LogP contribution in [0.15, 0.2) is 0 Å². The second-order valence-corrected chi connectivity index (χ2v) is 5.34. The van der Waals surface area contributed by atoms with Gasteiger partial charge in [0.2, 0.25) is 0 Å². The molecule has 0 aromatic rings. The summed E-state index contributed by atoms with van der Waals surface area (Å²) in [6.07, 6.45) is -3.58. The minimum Gasteiger partial charge on any atom is -0.381 e. The average molecular weight is 255 g/mol. The van der Waals surface area contributed by atoms with Crippen molar-refractivity contribution >= 4 is 10.8 Å². The quantitative estimate of drug-likeness (QED) is 0.770. The Morgan fingerprint density at radius 3 is 2.44 bits per heavy atom. The lowest BCUT2D eigenvalue weighted by Crippen LogP contribution is -2.33. The largest absolute Gasteiger partial charge is 0.405 e. The van der Waals surface area contributed by atoms with Gasteiger partial charge in [-0.3, -0.25) is 4.21 Å². The first-order valence-corrected chi connectivity index (χ1v) is 6.24. The lowest BCUT2D eigenvalue weighted by molar-refractivity contribution is -0.153. The molecule has 1 aliphatic rings. The molecule has 2 unspecified atom stereocenters. The molecular weight excluding hydrogens is 243 g/mol. The number of hydrogen-bond donors (Lipinski definition) is 0. The van der Waals surface area contributed by atoms with E-state index in [4.69, 9.17) is 10.00 Å². The van der Waals surface area contributed by atoms with Crippen molar-refractivity contribution in [2.24, 2.45) is 5.92 Å². The number of nitrogens with zero attached hydrogens (tertiary/aromatic N) is 1. The van der Waals surface area contributed by atoms with Crippen molar-refractivity contribution in [2.75, 3.05) is 19.0 Å². The van der Waals surface area contributed by atoms with Crippen LogP contribution in [0.4, 0.5) is 13.2 Å². The number of halogens is 3. The van der Waals surface area contributed by atoms with Crippen LogP contribution in [-0.4, -0.2) is 34.6 Å². The Morgan fingerprint density at radius 2 is 2.00 bits per heavy atom. The highest BCUT2D eigenvalue weighted by molar-refractivity contribution is 7.85. The third-order valence-corrected chi connectivity index (χ3v) is 4.30. The molecule has 3 nitrogen and oxygen atoms in total. The minimum atomic E-state index is -4.59. The van der Waals surface area contributed by atoms with Gasteiger partial charge in [-0.2, -0.15) is 18.4 Å². The monoisotopic (exact) mass is 255 g/mol. The molecule has 1 heterocycles. The van der Waals surface area contributed by atoms with E-state index in [0.29, 0.717) is 26.1 Å². The molecule has 0 radical (unpaired) electrons. The van der Waals surface area contributed by atoms with E-state index in [1.54, 1.807) is 0 Å². The standard InChI is InChI=1S/C9H12F3NO2S/c10-9(11,12)7(5-13)6-16(14)8-1-3-15-4-2-8/h7-8H,1-4,6H2. The highest BCUT2D eigenvalue weighted by atomic mass is 32.2. The van der Waals surface area contributed by atoms with Gasteiger partial charge in [-0.25, -0.2) is 0 Å². The first-order valence-electron chi connectivity index (χ1n) is 4.86. The van der Waals surface area contributed by atoms with Crippen LogP contribution >= 0.6 is 0 Å². The third kappa shape index (κ3) is 3.76. The third-order valence-electron chi connectivity index (χ3n) is 2.42. The van der Waals surface area contributed by atoms with Gasteiger partial charge >= 0.3 is 6.18 Å². The molecule has 0 aliphatic carbocycles. The van der Waals surface area contributed by atoms with Gasteiger partial charge < -0.3 is 4.74 Å². The van der Waals surface area contributed by atoms with Gasteiger partial charge in [0.05, 0.1) is 6.07 Å². The maximum Gasteiger partial charge on any atom is 0.405 e. The Kier molecular flexibility index (Phi) is 4.74. The van der Waals surface area contributed by atoms with Gasteiger partial charge in [0.15, 0.2) is 5.92 Å². The van der Waals surface area contributed by atoms with Crippen molar-refractivity contribution in [3.8, 4) is 6.07 Å². The van der Waals surface area contributed by atoms with Crippen molar-refractivity contribution in [1.82, 2.24) is 0 Å². The molecular formula is C9H12F3NO2S. The van der Waals surface area contributed by atoms with Crippen LogP contribution in [0.3, 0.4) is 0 Å². The predicted octanol–water partition coefficient (Wildman–Crippen LogP) is 1.62. The van der Waals surface area contributed by atoms with E-state index in [0.717, 1.165) is 6.07 Å². The first kappa shape index (κ1) is 13.5. The van der Waals surface area contributed by atoms with Crippen molar-refractivity contribution in [1.29, 1.82) is 5.26 Å². The van der Waals surface area contributed by atoms with Crippen LogP contribution in [0, 0.1) is 17.2 Å². The molecule has 1 aliphatic heterocycles. The highest BCUT2D eigenvalue weighted by Crippen LogP contribution is 2.27. The molecule has 0 spiro atoms. The number of ether oxygens (including phenoxy) is 1. The molecule has 0 bridgehead atoms. The van der Waals surface area contributed by atoms with Crippen molar-refractivity contribution in [3.63, 3.8) is 0 Å². The lowest BCUT2D eigenvalue weighted by Gasteiger charge is -2.22. The first-order chi connectivity index (χ1) is 7.45. The Labute approximate surface area is 94.0 Å². The van der Waals surface area contributed by atoms with Gasteiger partial charge in [-0.1, -0.05) is 0 Å². The summed E-state index contributed by atoms with van der Waals surface area (Å²) in [5.41, 5.74) is 0. The molecule has 0 aromatic heterocycles. The van der Waals surface area contributed by atoms with Gasteiger partial charge in [0.25, 0.3) is 0 Å². The molecule has 2 atom stereocenters. The van der Waals surface area contributed by atoms with E-state index in [-0.39, 0.29) is 5.25 Å². The molecule has 1 rings (SSSR count). The maximum absolute atomic E-state index is 12.3. The van der Waals surface area contributed by atoms with Crippen molar-refractivity contribution in [2.45, 2.75) is 24.3 Å². The maximum atomic E-state index is 12.3. The average Bonchev–Trinajstić information content (AvgIpc) is 2.25. The molecule has 1 saturated heterocycles. The van der Waals surface area contributed by atoms with Crippen LogP contribution in [0.2, 0.25) is 0 Å². The van der Waals surface area contributed by atoms with Crippen LogP contribution in [-0.2, 0) is 15.5 Å². The van der Waals surface area contributed by atoms with E-state index < -0.39 is 28.6 Å². The van der Waals surface area contributed by atoms with Crippen LogP contribution in [0.5, 0.6) is 0 Å². The molecule has 16 heavy (non-hydrogen) atoms. The summed E-state index contributed by atoms with van der Waals surface area (Å²) in [5.74, 6) is -2.75. The zero-order valence-electron chi connectivity index (χ0n) is 8.50. The fourth-order valence-electron chi connectivity index (χ4n) is 1.44. The second kappa shape index (κ2) is 5.64. The zero-order chi connectivity index (χ0) is 12.2. The SMILES string of the molecule is N#CC(CS(=O)C1CCOCC1)C(F)(F)F. The summed E-state index contributed by atoms with van der Waals surface area (Å²) in [5, 5.41) is 8.11. The number of alkyl halides is 3. The Bertz CT molecular complexity index is 294. The topological polar surface area (TPSA) is 50.1 Å². The zero-order valence-corrected chi connectivity index (χ0v) is 9.31. The predicted molar refractivity (Wildman–Crippen MR) is 52.0 cm³/mol. The van der Waals surface area contributed by atoms with Crippen molar-refractivity contribution in [3.05, 3.63) is 0 Å². The van der Waals surface area contributed by atoms with Gasteiger partial charge in [-0.15, -0.1) is 0 Å². The van der Waals surface area contributed by atoms with Crippen LogP contribution < -0.4 is 0 Å². The fraction of sp³-hybridized carbons (Fsp3) is 0.889. The fourth-order valence-corrected chi connectivity index (χ4v) is 3.03. The molecule has 1 fully saturated rings. The Morgan fingerprint density at radius 1 is 1.44 bits per heavy atom. The highest BCUT2D eigenvalue weighted by Gasteiger charge is 2.41. The molecule has 0 N–H and O–H groups in total. The summed E-state index contributed by atoms with van der Waals surface area (Å²) in [4.78, 5) is 0. The van der Waals surface area contributed by atoms with Gasteiger partial charge in [-0.05, 0) is 12.8 Å². The van der Waals surface area contributed by atoms with Crippen LogP contribution in [0.25, 0.3) is 0 Å². The smallest absolute Gasteiger partial charge is 0.381 e. The molecule has 0 aromatic carbocycles. The van der Waals surface area contributed by atoms with E-state index in [2.05, 4.69) is 0 Å². The number of rotatable bonds is 3. The summed E-state index contributed by atoms with van der Waals surface area (Å²) in [6, 6.07) is 1.16. The van der Waals surface area contributed by atoms with E-state index in [9.17, 15) is 17.4 Å². The molecule has 0 saturated carbocycles. The summed E-state index contributed by atoms with van der Waals surface area (Å²) in [7, 11) is -1.61. The number of hydrogen-bond acceptors (Lipinski definition) is 3. The minimum absolute atomic E-state index is 0.271. The molecule has 0 amide bonds. The molecule has 92 valence electrons. The Hall–Kier alpha value is -0.610. The number of nitriles is 1. The van der Waals surface area contributed by atoms with Gasteiger partial charge in [0.1, 0.15) is 0 Å². The van der Waals surface area contributed by atoms with E-state index in [1.165, 1.54) is 0 Å². The summed E-state index contributed by atoms with van der Waals surface area (Å²) in [6.45, 7) is 0.860. The van der Waals surface area contributed by atoms with Gasteiger partial charge in [0, 0.05) is 35.0 Å². The van der Waals surface area contributed by atoms with Crippen molar-refractivity contribution < 1.29 is 22.1 Å². The van der Waals surface area contributed by atoms with E-state index >= 15 is 0 Å². The van der Waals surface area contributed by atoms with Crippen LogP contribution in [0.1, 0.15) is 12.8 Å². The molecule has 7 heteroatoms. The summed E-state index contributed by atoms with van der Waals surface area (Å²) < 4.78 is 53.4. The second-order valence-electron chi connectivity index (χ2n) is 3.58. The lowest BCUT2D eigenvalue weighted by atomic mass is 10.2. The Balaban J connectivity index is 2.52.